The molecule has 4 aromatic rings. The number of benzene rings is 2. The van der Waals surface area contributed by atoms with Crippen LogP contribution in [0.25, 0.3) is 11.3 Å². The molecule has 0 spiro atoms. The minimum Gasteiger partial charge on any atom is -0.497 e. The van der Waals surface area contributed by atoms with Crippen molar-refractivity contribution in [2.75, 3.05) is 12.4 Å². The number of carbonyl (C=O) groups excluding carboxylic acids is 1. The quantitative estimate of drug-likeness (QED) is 0.481. The summed E-state index contributed by atoms with van der Waals surface area (Å²) in [6.45, 7) is 1.93. The van der Waals surface area contributed by atoms with E-state index in [1.165, 1.54) is 22.8 Å². The standard InChI is InChI=1S/C23H22FN5O3/c1-15(12-21(30)25-17-6-4-8-19(14-17)32-2)11-20-26-27-22-23(31)28(9-10-29(20)22)18-7-3-5-16(24)13-18/h3-10,13-15H,11-12H2,1-2H3,(H,25,30)/t15-/m1/s1. The Morgan fingerprint density at radius 3 is 2.75 bits per heavy atom. The van der Waals surface area contributed by atoms with Gasteiger partial charge in [-0.05, 0) is 36.2 Å². The van der Waals surface area contributed by atoms with Crippen molar-refractivity contribution >= 4 is 17.2 Å². The number of hydrogen-bond acceptors (Lipinski definition) is 5. The maximum Gasteiger partial charge on any atom is 0.300 e. The highest BCUT2D eigenvalue weighted by atomic mass is 19.1. The fourth-order valence-corrected chi connectivity index (χ4v) is 3.52. The molecule has 32 heavy (non-hydrogen) atoms. The van der Waals surface area contributed by atoms with E-state index >= 15 is 0 Å². The maximum absolute atomic E-state index is 13.5. The molecule has 8 nitrogen and oxygen atoms in total. The Kier molecular flexibility index (Phi) is 5.98. The normalized spacial score (nSPS) is 12.0. The highest BCUT2D eigenvalue weighted by Crippen LogP contribution is 2.18. The van der Waals surface area contributed by atoms with Gasteiger partial charge in [0.2, 0.25) is 11.6 Å². The molecule has 9 heteroatoms. The largest absolute Gasteiger partial charge is 0.497 e. The van der Waals surface area contributed by atoms with Crippen molar-refractivity contribution in [1.82, 2.24) is 19.2 Å². The van der Waals surface area contributed by atoms with Crippen molar-refractivity contribution in [3.05, 3.63) is 82.9 Å². The molecule has 1 amide bonds. The van der Waals surface area contributed by atoms with Gasteiger partial charge < -0.3 is 10.1 Å². The van der Waals surface area contributed by atoms with E-state index in [9.17, 15) is 14.0 Å². The number of ether oxygens (including phenoxy) is 1. The number of amides is 1. The van der Waals surface area contributed by atoms with Crippen LogP contribution in [0.4, 0.5) is 10.1 Å². The minimum atomic E-state index is -0.433. The van der Waals surface area contributed by atoms with E-state index in [0.717, 1.165) is 0 Å². The molecule has 2 aromatic heterocycles. The third kappa shape index (κ3) is 4.51. The fraction of sp³-hybridized carbons (Fsp3) is 0.217. The van der Waals surface area contributed by atoms with Gasteiger partial charge in [-0.1, -0.05) is 19.1 Å². The van der Waals surface area contributed by atoms with Crippen molar-refractivity contribution in [2.45, 2.75) is 19.8 Å². The zero-order valence-electron chi connectivity index (χ0n) is 17.7. The molecule has 0 aliphatic heterocycles. The number of hydrogen-bond donors (Lipinski definition) is 1. The second-order valence-electron chi connectivity index (χ2n) is 7.56. The van der Waals surface area contributed by atoms with Crippen LogP contribution in [0, 0.1) is 11.7 Å². The third-order valence-corrected chi connectivity index (χ3v) is 5.05. The van der Waals surface area contributed by atoms with Gasteiger partial charge in [0.25, 0.3) is 0 Å². The number of aromatic nitrogens is 4. The van der Waals surface area contributed by atoms with Crippen LogP contribution in [0.2, 0.25) is 0 Å². The summed E-state index contributed by atoms with van der Waals surface area (Å²) in [7, 11) is 1.57. The van der Waals surface area contributed by atoms with Crippen LogP contribution < -0.4 is 15.6 Å². The number of halogens is 1. The topological polar surface area (TPSA) is 90.5 Å². The van der Waals surface area contributed by atoms with Crippen molar-refractivity contribution in [3.63, 3.8) is 0 Å². The summed E-state index contributed by atoms with van der Waals surface area (Å²) >= 11 is 0. The van der Waals surface area contributed by atoms with Crippen molar-refractivity contribution < 1.29 is 13.9 Å². The minimum absolute atomic E-state index is 0.0429. The lowest BCUT2D eigenvalue weighted by molar-refractivity contribution is -0.116. The molecule has 0 aliphatic carbocycles. The molecule has 0 saturated carbocycles. The number of methoxy groups -OCH3 is 1. The van der Waals surface area contributed by atoms with Gasteiger partial charge in [-0.2, -0.15) is 0 Å². The molecular formula is C23H22FN5O3. The van der Waals surface area contributed by atoms with Crippen molar-refractivity contribution in [1.29, 1.82) is 0 Å². The Morgan fingerprint density at radius 1 is 1.16 bits per heavy atom. The SMILES string of the molecule is COc1cccc(NC(=O)C[C@H](C)Cc2nnc3c(=O)n(-c4cccc(F)c4)ccn23)c1. The Labute approximate surface area is 183 Å². The molecular weight excluding hydrogens is 413 g/mol. The summed E-state index contributed by atoms with van der Waals surface area (Å²) in [6, 6.07) is 12.9. The van der Waals surface area contributed by atoms with Crippen molar-refractivity contribution in [2.24, 2.45) is 5.92 Å². The van der Waals surface area contributed by atoms with Crippen LogP contribution in [0.15, 0.2) is 65.7 Å². The van der Waals surface area contributed by atoms with Gasteiger partial charge in [-0.3, -0.25) is 18.6 Å². The Hall–Kier alpha value is -4.01. The van der Waals surface area contributed by atoms with Crippen molar-refractivity contribution in [3.8, 4) is 11.4 Å². The lowest BCUT2D eigenvalue weighted by atomic mass is 10.0. The molecule has 1 N–H and O–H groups in total. The van der Waals surface area contributed by atoms with E-state index < -0.39 is 11.4 Å². The first-order valence-electron chi connectivity index (χ1n) is 10.1. The lowest BCUT2D eigenvalue weighted by Crippen LogP contribution is -2.21. The van der Waals surface area contributed by atoms with E-state index in [4.69, 9.17) is 4.74 Å². The van der Waals surface area contributed by atoms with Gasteiger partial charge in [0.05, 0.1) is 12.8 Å². The first kappa shape index (κ1) is 21.2. The molecule has 2 aromatic carbocycles. The van der Waals surface area contributed by atoms with Gasteiger partial charge >= 0.3 is 5.56 Å². The van der Waals surface area contributed by atoms with E-state index in [1.807, 2.05) is 6.92 Å². The average Bonchev–Trinajstić information content (AvgIpc) is 3.17. The number of rotatable bonds is 7. The van der Waals surface area contributed by atoms with Gasteiger partial charge in [0.1, 0.15) is 17.4 Å². The third-order valence-electron chi connectivity index (χ3n) is 5.05. The number of nitrogens with one attached hydrogen (secondary N) is 1. The summed E-state index contributed by atoms with van der Waals surface area (Å²) in [6.07, 6.45) is 3.94. The lowest BCUT2D eigenvalue weighted by Gasteiger charge is -2.12. The van der Waals surface area contributed by atoms with Crippen LogP contribution in [0.5, 0.6) is 5.75 Å². The molecule has 164 valence electrons. The highest BCUT2D eigenvalue weighted by molar-refractivity contribution is 5.91. The van der Waals surface area contributed by atoms with Gasteiger partial charge in [-0.15, -0.1) is 10.2 Å². The average molecular weight is 435 g/mol. The predicted molar refractivity (Wildman–Crippen MR) is 118 cm³/mol. The van der Waals surface area contributed by atoms with Crippen LogP contribution >= 0.6 is 0 Å². The Balaban J connectivity index is 1.47. The fourth-order valence-electron chi connectivity index (χ4n) is 3.52. The second kappa shape index (κ2) is 9.01. The Morgan fingerprint density at radius 2 is 1.97 bits per heavy atom. The molecule has 0 unspecified atom stereocenters. The molecule has 1 atom stereocenters. The van der Waals surface area contributed by atoms with E-state index in [2.05, 4.69) is 15.5 Å². The Bertz CT molecular complexity index is 1330. The number of fused-ring (bicyclic) bond motifs is 1. The van der Waals surface area contributed by atoms with E-state index in [1.54, 1.807) is 54.2 Å². The molecule has 0 bridgehead atoms. The van der Waals surface area contributed by atoms with Gasteiger partial charge in [0.15, 0.2) is 0 Å². The highest BCUT2D eigenvalue weighted by Gasteiger charge is 2.16. The smallest absolute Gasteiger partial charge is 0.300 e. The molecule has 4 rings (SSSR count). The van der Waals surface area contributed by atoms with Crippen LogP contribution in [-0.2, 0) is 11.2 Å². The first-order chi connectivity index (χ1) is 15.4. The first-order valence-corrected chi connectivity index (χ1v) is 10.1. The predicted octanol–water partition coefficient (Wildman–Crippen LogP) is 3.24. The summed E-state index contributed by atoms with van der Waals surface area (Å²) < 4.78 is 21.6. The van der Waals surface area contributed by atoms with Crippen LogP contribution in [-0.4, -0.2) is 32.2 Å². The zero-order valence-corrected chi connectivity index (χ0v) is 17.7. The molecule has 0 radical (unpaired) electrons. The number of carbonyl (C=O) groups is 1. The van der Waals surface area contributed by atoms with Crippen LogP contribution in [0.1, 0.15) is 19.2 Å². The maximum atomic E-state index is 13.5. The molecule has 0 aliphatic rings. The number of anilines is 1. The summed E-state index contributed by atoms with van der Waals surface area (Å²) in [5.41, 5.74) is 0.803. The number of nitrogens with zero attached hydrogens (tertiary/aromatic N) is 4. The monoisotopic (exact) mass is 435 g/mol. The summed E-state index contributed by atoms with van der Waals surface area (Å²) in [5.74, 6) is 0.629. The van der Waals surface area contributed by atoms with Gasteiger partial charge in [-0.25, -0.2) is 4.39 Å². The molecule has 0 fully saturated rings. The van der Waals surface area contributed by atoms with E-state index in [0.29, 0.717) is 29.4 Å². The zero-order chi connectivity index (χ0) is 22.7. The molecule has 0 saturated heterocycles. The van der Waals surface area contributed by atoms with Crippen LogP contribution in [0.3, 0.4) is 0 Å². The van der Waals surface area contributed by atoms with Gasteiger partial charge in [0, 0.05) is 37.0 Å². The second-order valence-corrected chi connectivity index (χ2v) is 7.56. The van der Waals surface area contributed by atoms with E-state index in [-0.39, 0.29) is 23.9 Å². The summed E-state index contributed by atoms with van der Waals surface area (Å²) in [4.78, 5) is 25.2. The summed E-state index contributed by atoms with van der Waals surface area (Å²) in [5, 5.41) is 11.0. The molecule has 2 heterocycles.